The van der Waals surface area contributed by atoms with Crippen molar-refractivity contribution in [2.45, 2.75) is 25.8 Å². The first-order chi connectivity index (χ1) is 11.4. The van der Waals surface area contributed by atoms with E-state index in [1.807, 2.05) is 6.92 Å². The predicted molar refractivity (Wildman–Crippen MR) is 88.9 cm³/mol. The molecule has 5 heteroatoms. The Morgan fingerprint density at radius 3 is 2.42 bits per heavy atom. The third-order valence-corrected chi connectivity index (χ3v) is 4.17. The van der Waals surface area contributed by atoms with E-state index < -0.39 is 5.82 Å². The molecule has 0 saturated carbocycles. The van der Waals surface area contributed by atoms with Crippen molar-refractivity contribution in [3.05, 3.63) is 65.2 Å². The number of hydrogen-bond donors (Lipinski definition) is 0. The summed E-state index contributed by atoms with van der Waals surface area (Å²) in [6.45, 7) is 1.89. The Kier molecular flexibility index (Phi) is 5.90. The maximum Gasteiger partial charge on any atom is 0.223 e. The molecule has 1 amide bonds. The van der Waals surface area contributed by atoms with Gasteiger partial charge in [0.25, 0.3) is 0 Å². The molecule has 2 aromatic rings. The Morgan fingerprint density at radius 1 is 1.17 bits per heavy atom. The summed E-state index contributed by atoms with van der Waals surface area (Å²) in [5, 5.41) is 0. The second kappa shape index (κ2) is 7.90. The number of halogens is 2. The molecule has 0 heterocycles. The van der Waals surface area contributed by atoms with Crippen LogP contribution in [0.25, 0.3) is 0 Å². The minimum atomic E-state index is -0.435. The molecule has 0 aliphatic heterocycles. The quantitative estimate of drug-likeness (QED) is 0.796. The molecule has 128 valence electrons. The lowest BCUT2D eigenvalue weighted by molar-refractivity contribution is -0.131. The van der Waals surface area contributed by atoms with Crippen LogP contribution >= 0.6 is 0 Å². The zero-order valence-corrected chi connectivity index (χ0v) is 14.1. The molecule has 1 atom stereocenters. The summed E-state index contributed by atoms with van der Waals surface area (Å²) in [6, 6.07) is 10.6. The molecular weight excluding hydrogens is 312 g/mol. The second-order valence-corrected chi connectivity index (χ2v) is 5.70. The van der Waals surface area contributed by atoms with Crippen molar-refractivity contribution in [2.24, 2.45) is 0 Å². The maximum absolute atomic E-state index is 13.7. The van der Waals surface area contributed by atoms with Gasteiger partial charge in [0.05, 0.1) is 13.2 Å². The van der Waals surface area contributed by atoms with Crippen molar-refractivity contribution in [3.63, 3.8) is 0 Å². The van der Waals surface area contributed by atoms with Crippen LogP contribution in [-0.2, 0) is 11.2 Å². The molecule has 0 aromatic heterocycles. The van der Waals surface area contributed by atoms with E-state index >= 15 is 0 Å². The third-order valence-electron chi connectivity index (χ3n) is 4.17. The largest absolute Gasteiger partial charge is 0.494 e. The highest BCUT2D eigenvalue weighted by Crippen LogP contribution is 2.21. The van der Waals surface area contributed by atoms with Crippen molar-refractivity contribution in [2.75, 3.05) is 14.2 Å². The lowest BCUT2D eigenvalue weighted by atomic mass is 10.1. The van der Waals surface area contributed by atoms with Gasteiger partial charge in [-0.05, 0) is 48.7 Å². The minimum absolute atomic E-state index is 0.0527. The summed E-state index contributed by atoms with van der Waals surface area (Å²) in [7, 11) is 3.12. The monoisotopic (exact) mass is 333 g/mol. The number of carbonyl (C=O) groups is 1. The molecule has 0 fully saturated rings. The summed E-state index contributed by atoms with van der Waals surface area (Å²) < 4.78 is 31.5. The fourth-order valence-corrected chi connectivity index (χ4v) is 2.47. The van der Waals surface area contributed by atoms with Crippen molar-refractivity contribution in [1.82, 2.24) is 4.90 Å². The molecule has 1 unspecified atom stereocenters. The van der Waals surface area contributed by atoms with Gasteiger partial charge in [0.15, 0.2) is 11.6 Å². The van der Waals surface area contributed by atoms with E-state index in [4.69, 9.17) is 4.74 Å². The first-order valence-corrected chi connectivity index (χ1v) is 7.76. The van der Waals surface area contributed by atoms with Gasteiger partial charge in [0.2, 0.25) is 5.91 Å². The molecule has 3 nitrogen and oxygen atoms in total. The van der Waals surface area contributed by atoms with E-state index in [1.54, 1.807) is 36.2 Å². The van der Waals surface area contributed by atoms with Crippen molar-refractivity contribution in [3.8, 4) is 5.75 Å². The Balaban J connectivity index is 1.96. The number of nitrogens with zero attached hydrogens (tertiary/aromatic N) is 1. The fraction of sp³-hybridized carbons (Fsp3) is 0.316. The normalized spacial score (nSPS) is 11.9. The average Bonchev–Trinajstić information content (AvgIpc) is 2.59. The SMILES string of the molecule is COc1ccc(CCC(=O)N(C)C(C)c2ccc(F)cc2)cc1F. The van der Waals surface area contributed by atoms with Crippen molar-refractivity contribution < 1.29 is 18.3 Å². The number of ether oxygens (including phenoxy) is 1. The van der Waals surface area contributed by atoms with E-state index in [0.717, 1.165) is 11.1 Å². The number of methoxy groups -OCH3 is 1. The van der Waals surface area contributed by atoms with Gasteiger partial charge in [0.1, 0.15) is 5.82 Å². The number of carbonyl (C=O) groups excluding carboxylic acids is 1. The van der Waals surface area contributed by atoms with Crippen molar-refractivity contribution in [1.29, 1.82) is 0 Å². The van der Waals surface area contributed by atoms with Crippen LogP contribution in [0.5, 0.6) is 5.75 Å². The van der Waals surface area contributed by atoms with Crippen molar-refractivity contribution >= 4 is 5.91 Å². The Hall–Kier alpha value is -2.43. The molecule has 0 bridgehead atoms. The van der Waals surface area contributed by atoms with Crippen LogP contribution < -0.4 is 4.74 Å². The van der Waals surface area contributed by atoms with Gasteiger partial charge in [-0.2, -0.15) is 0 Å². The zero-order valence-electron chi connectivity index (χ0n) is 14.1. The van der Waals surface area contributed by atoms with E-state index in [-0.39, 0.29) is 29.9 Å². The third kappa shape index (κ3) is 4.31. The van der Waals surface area contributed by atoms with E-state index in [0.29, 0.717) is 6.42 Å². The van der Waals surface area contributed by atoms with Crippen LogP contribution in [0.15, 0.2) is 42.5 Å². The number of hydrogen-bond acceptors (Lipinski definition) is 2. The van der Waals surface area contributed by atoms with E-state index in [2.05, 4.69) is 0 Å². The molecule has 0 radical (unpaired) electrons. The zero-order chi connectivity index (χ0) is 17.7. The molecule has 24 heavy (non-hydrogen) atoms. The summed E-state index contributed by atoms with van der Waals surface area (Å²) in [6.07, 6.45) is 0.716. The smallest absolute Gasteiger partial charge is 0.223 e. The summed E-state index contributed by atoms with van der Waals surface area (Å²) in [5.41, 5.74) is 1.60. The Morgan fingerprint density at radius 2 is 1.83 bits per heavy atom. The molecule has 0 N–H and O–H groups in total. The fourth-order valence-electron chi connectivity index (χ4n) is 2.47. The average molecular weight is 333 g/mol. The molecule has 0 saturated heterocycles. The number of benzene rings is 2. The van der Waals surface area contributed by atoms with Crippen LogP contribution in [0.2, 0.25) is 0 Å². The standard InChI is InChI=1S/C19H21F2NO2/c1-13(15-6-8-16(20)9-7-15)22(2)19(23)11-5-14-4-10-18(24-3)17(21)12-14/h4,6-10,12-13H,5,11H2,1-3H3. The molecular formula is C19H21F2NO2. The van der Waals surface area contributed by atoms with Gasteiger partial charge in [-0.15, -0.1) is 0 Å². The highest BCUT2D eigenvalue weighted by atomic mass is 19.1. The van der Waals surface area contributed by atoms with Gasteiger partial charge in [-0.1, -0.05) is 18.2 Å². The Labute approximate surface area is 140 Å². The summed E-state index contributed by atoms with van der Waals surface area (Å²) in [5.74, 6) is -0.605. The molecule has 0 spiro atoms. The Bertz CT molecular complexity index is 701. The van der Waals surface area contributed by atoms with E-state index in [9.17, 15) is 13.6 Å². The lowest BCUT2D eigenvalue weighted by Gasteiger charge is -2.25. The number of aryl methyl sites for hydroxylation is 1. The number of amides is 1. The molecule has 2 aromatic carbocycles. The molecule has 2 rings (SSSR count). The van der Waals surface area contributed by atoms with Gasteiger partial charge in [-0.3, -0.25) is 4.79 Å². The van der Waals surface area contributed by atoms with Crippen LogP contribution in [0, 0.1) is 11.6 Å². The van der Waals surface area contributed by atoms with Crippen LogP contribution in [0.3, 0.4) is 0 Å². The summed E-state index contributed by atoms with van der Waals surface area (Å²) in [4.78, 5) is 14.0. The first-order valence-electron chi connectivity index (χ1n) is 7.76. The highest BCUT2D eigenvalue weighted by molar-refractivity contribution is 5.76. The minimum Gasteiger partial charge on any atom is -0.494 e. The van der Waals surface area contributed by atoms with Gasteiger partial charge >= 0.3 is 0 Å². The topological polar surface area (TPSA) is 29.5 Å². The van der Waals surface area contributed by atoms with Crippen LogP contribution in [0.4, 0.5) is 8.78 Å². The van der Waals surface area contributed by atoms with Gasteiger partial charge < -0.3 is 9.64 Å². The van der Waals surface area contributed by atoms with Crippen LogP contribution in [-0.4, -0.2) is 25.0 Å². The van der Waals surface area contributed by atoms with E-state index in [1.165, 1.54) is 25.3 Å². The predicted octanol–water partition coefficient (Wildman–Crippen LogP) is 4.13. The van der Waals surface area contributed by atoms with Gasteiger partial charge in [0, 0.05) is 13.5 Å². The molecule has 0 aliphatic carbocycles. The first kappa shape index (κ1) is 17.9. The second-order valence-electron chi connectivity index (χ2n) is 5.70. The van der Waals surface area contributed by atoms with Gasteiger partial charge in [-0.25, -0.2) is 8.78 Å². The molecule has 0 aliphatic rings. The number of rotatable bonds is 6. The summed E-state index contributed by atoms with van der Waals surface area (Å²) >= 11 is 0. The van der Waals surface area contributed by atoms with Crippen LogP contribution in [0.1, 0.15) is 30.5 Å². The highest BCUT2D eigenvalue weighted by Gasteiger charge is 2.17. The maximum atomic E-state index is 13.7. The lowest BCUT2D eigenvalue weighted by Crippen LogP contribution is -2.29.